The summed E-state index contributed by atoms with van der Waals surface area (Å²) in [5.74, 6) is 0.225. The molecule has 0 aliphatic carbocycles. The summed E-state index contributed by atoms with van der Waals surface area (Å²) in [5.41, 5.74) is 0. The zero-order chi connectivity index (χ0) is 14.0. The Kier molecular flexibility index (Phi) is 9.33. The smallest absolute Gasteiger partial charge is 0.224 e. The average Bonchev–Trinajstić information content (AvgIpc) is 2.33. The predicted octanol–water partition coefficient (Wildman–Crippen LogP) is 2.28. The molecule has 0 bridgehead atoms. The molecular weight excluding hydrogens is 228 g/mol. The zero-order valence-electron chi connectivity index (χ0n) is 12.4. The molecule has 0 aliphatic rings. The van der Waals surface area contributed by atoms with Gasteiger partial charge in [-0.2, -0.15) is 0 Å². The maximum Gasteiger partial charge on any atom is 0.224 e. The lowest BCUT2D eigenvalue weighted by Crippen LogP contribution is -2.37. The molecule has 18 heavy (non-hydrogen) atoms. The quantitative estimate of drug-likeness (QED) is 0.635. The van der Waals surface area contributed by atoms with E-state index in [0.717, 1.165) is 38.9 Å². The summed E-state index contributed by atoms with van der Waals surface area (Å²) in [6.07, 6.45) is 3.34. The molecule has 4 nitrogen and oxygen atoms in total. The lowest BCUT2D eigenvalue weighted by molar-refractivity contribution is -0.133. The van der Waals surface area contributed by atoms with Crippen molar-refractivity contribution < 1.29 is 9.59 Å². The van der Waals surface area contributed by atoms with Gasteiger partial charge in [-0.3, -0.25) is 9.59 Å². The standard InChI is InChI=1S/C14H28N2O2/c1-5-9-15(13(4)17)12-8-14(18)16(10-6-2)11-7-3/h5-12H2,1-4H3. The first kappa shape index (κ1) is 16.9. The van der Waals surface area contributed by atoms with Crippen molar-refractivity contribution in [2.45, 2.75) is 53.4 Å². The third-order valence-corrected chi connectivity index (χ3v) is 2.87. The molecule has 0 atom stereocenters. The molecule has 0 unspecified atom stereocenters. The van der Waals surface area contributed by atoms with E-state index in [1.165, 1.54) is 0 Å². The first-order valence-corrected chi connectivity index (χ1v) is 7.10. The Morgan fingerprint density at radius 2 is 1.22 bits per heavy atom. The maximum absolute atomic E-state index is 12.0. The van der Waals surface area contributed by atoms with Gasteiger partial charge in [0.05, 0.1) is 0 Å². The van der Waals surface area contributed by atoms with E-state index >= 15 is 0 Å². The fourth-order valence-electron chi connectivity index (χ4n) is 1.99. The van der Waals surface area contributed by atoms with Crippen molar-refractivity contribution in [1.29, 1.82) is 0 Å². The molecule has 2 amide bonds. The SMILES string of the molecule is CCCN(CCC(=O)N(CCC)CCC)C(C)=O. The Morgan fingerprint density at radius 3 is 1.61 bits per heavy atom. The third kappa shape index (κ3) is 6.62. The molecule has 0 aromatic rings. The molecule has 0 fully saturated rings. The monoisotopic (exact) mass is 256 g/mol. The number of carbonyl (C=O) groups is 2. The Balaban J connectivity index is 4.22. The molecule has 0 saturated carbocycles. The highest BCUT2D eigenvalue weighted by Gasteiger charge is 2.14. The largest absolute Gasteiger partial charge is 0.343 e. The number of rotatable bonds is 9. The number of carbonyl (C=O) groups excluding carboxylic acids is 2. The summed E-state index contributed by atoms with van der Waals surface area (Å²) < 4.78 is 0. The minimum absolute atomic E-state index is 0.0576. The van der Waals surface area contributed by atoms with Crippen molar-refractivity contribution in [2.24, 2.45) is 0 Å². The van der Waals surface area contributed by atoms with Gasteiger partial charge in [0.25, 0.3) is 0 Å². The summed E-state index contributed by atoms with van der Waals surface area (Å²) in [6, 6.07) is 0. The first-order valence-electron chi connectivity index (χ1n) is 7.10. The summed E-state index contributed by atoms with van der Waals surface area (Å²) in [6.45, 7) is 10.7. The summed E-state index contributed by atoms with van der Waals surface area (Å²) in [4.78, 5) is 27.1. The fourth-order valence-corrected chi connectivity index (χ4v) is 1.99. The second-order valence-electron chi connectivity index (χ2n) is 4.64. The van der Waals surface area contributed by atoms with Gasteiger partial charge in [-0.05, 0) is 19.3 Å². The van der Waals surface area contributed by atoms with Gasteiger partial charge in [-0.15, -0.1) is 0 Å². The molecule has 0 aromatic heterocycles. The lowest BCUT2D eigenvalue weighted by Gasteiger charge is -2.24. The van der Waals surface area contributed by atoms with Crippen LogP contribution < -0.4 is 0 Å². The molecule has 0 aliphatic heterocycles. The van der Waals surface area contributed by atoms with Crippen molar-refractivity contribution in [1.82, 2.24) is 9.80 Å². The van der Waals surface area contributed by atoms with E-state index in [9.17, 15) is 9.59 Å². The second-order valence-corrected chi connectivity index (χ2v) is 4.64. The average molecular weight is 256 g/mol. The highest BCUT2D eigenvalue weighted by atomic mass is 16.2. The van der Waals surface area contributed by atoms with Gasteiger partial charge in [-0.1, -0.05) is 20.8 Å². The van der Waals surface area contributed by atoms with E-state index in [1.807, 2.05) is 11.8 Å². The lowest BCUT2D eigenvalue weighted by atomic mass is 10.2. The Labute approximate surface area is 111 Å². The molecule has 106 valence electrons. The van der Waals surface area contributed by atoms with Crippen LogP contribution in [0.5, 0.6) is 0 Å². The van der Waals surface area contributed by atoms with Gasteiger partial charge in [0.2, 0.25) is 11.8 Å². The summed E-state index contributed by atoms with van der Waals surface area (Å²) in [7, 11) is 0. The van der Waals surface area contributed by atoms with E-state index in [4.69, 9.17) is 0 Å². The van der Waals surface area contributed by atoms with Crippen LogP contribution in [-0.2, 0) is 9.59 Å². The fraction of sp³-hybridized carbons (Fsp3) is 0.857. The molecular formula is C14H28N2O2. The van der Waals surface area contributed by atoms with Crippen LogP contribution in [0.25, 0.3) is 0 Å². The van der Waals surface area contributed by atoms with Crippen LogP contribution in [-0.4, -0.2) is 47.8 Å². The maximum atomic E-state index is 12.0. The molecule has 0 spiro atoms. The van der Waals surface area contributed by atoms with Crippen molar-refractivity contribution >= 4 is 11.8 Å². The second kappa shape index (κ2) is 9.92. The van der Waals surface area contributed by atoms with Crippen LogP contribution in [0.1, 0.15) is 53.4 Å². The van der Waals surface area contributed by atoms with Crippen LogP contribution in [0.15, 0.2) is 0 Å². The number of hydrogen-bond donors (Lipinski definition) is 0. The first-order chi connectivity index (χ1) is 8.56. The van der Waals surface area contributed by atoms with Crippen LogP contribution in [0.4, 0.5) is 0 Å². The molecule has 0 heterocycles. The minimum Gasteiger partial charge on any atom is -0.343 e. The molecule has 0 saturated heterocycles. The summed E-state index contributed by atoms with van der Waals surface area (Å²) in [5, 5.41) is 0. The molecule has 0 rings (SSSR count). The van der Waals surface area contributed by atoms with Gasteiger partial charge in [-0.25, -0.2) is 0 Å². The topological polar surface area (TPSA) is 40.6 Å². The molecule has 0 radical (unpaired) electrons. The molecule has 4 heteroatoms. The van der Waals surface area contributed by atoms with Crippen LogP contribution in [0.3, 0.4) is 0 Å². The van der Waals surface area contributed by atoms with Crippen molar-refractivity contribution in [3.05, 3.63) is 0 Å². The van der Waals surface area contributed by atoms with Gasteiger partial charge >= 0.3 is 0 Å². The van der Waals surface area contributed by atoms with Crippen LogP contribution in [0.2, 0.25) is 0 Å². The Hall–Kier alpha value is -1.06. The molecule has 0 aromatic carbocycles. The minimum atomic E-state index is 0.0576. The Morgan fingerprint density at radius 1 is 0.778 bits per heavy atom. The number of hydrogen-bond acceptors (Lipinski definition) is 2. The molecule has 0 N–H and O–H groups in total. The van der Waals surface area contributed by atoms with Gasteiger partial charge in [0, 0.05) is 39.5 Å². The number of nitrogens with zero attached hydrogens (tertiary/aromatic N) is 2. The van der Waals surface area contributed by atoms with Crippen molar-refractivity contribution in [2.75, 3.05) is 26.2 Å². The normalized spacial score (nSPS) is 10.2. The van der Waals surface area contributed by atoms with E-state index < -0.39 is 0 Å². The van der Waals surface area contributed by atoms with Crippen molar-refractivity contribution in [3.8, 4) is 0 Å². The highest BCUT2D eigenvalue weighted by Crippen LogP contribution is 2.02. The van der Waals surface area contributed by atoms with Gasteiger partial charge in [0.15, 0.2) is 0 Å². The highest BCUT2D eigenvalue weighted by molar-refractivity contribution is 5.78. The van der Waals surface area contributed by atoms with E-state index in [2.05, 4.69) is 13.8 Å². The third-order valence-electron chi connectivity index (χ3n) is 2.87. The van der Waals surface area contributed by atoms with Crippen molar-refractivity contribution in [3.63, 3.8) is 0 Å². The van der Waals surface area contributed by atoms with Crippen LogP contribution in [0, 0.1) is 0 Å². The van der Waals surface area contributed by atoms with Gasteiger partial charge in [0.1, 0.15) is 0 Å². The van der Waals surface area contributed by atoms with Crippen LogP contribution >= 0.6 is 0 Å². The Bertz CT molecular complexity index is 248. The zero-order valence-corrected chi connectivity index (χ0v) is 12.4. The van der Waals surface area contributed by atoms with E-state index in [0.29, 0.717) is 13.0 Å². The van der Waals surface area contributed by atoms with E-state index in [1.54, 1.807) is 11.8 Å². The predicted molar refractivity (Wildman–Crippen MR) is 74.3 cm³/mol. The van der Waals surface area contributed by atoms with E-state index in [-0.39, 0.29) is 11.8 Å². The van der Waals surface area contributed by atoms with Gasteiger partial charge < -0.3 is 9.80 Å². The number of amides is 2. The summed E-state index contributed by atoms with van der Waals surface area (Å²) >= 11 is 0.